The van der Waals surface area contributed by atoms with Crippen LogP contribution in [0.2, 0.25) is 0 Å². The van der Waals surface area contributed by atoms with E-state index in [1.165, 1.54) is 6.92 Å². The lowest BCUT2D eigenvalue weighted by Gasteiger charge is -2.03. The van der Waals surface area contributed by atoms with Gasteiger partial charge in [0.2, 0.25) is 0 Å². The lowest BCUT2D eigenvalue weighted by Crippen LogP contribution is -1.98. The van der Waals surface area contributed by atoms with Crippen LogP contribution in [0.4, 0.5) is 14.5 Å². The molecule has 1 aromatic rings. The number of hydrogen-bond acceptors (Lipinski definition) is 1. The molecular weight excluding hydrogens is 216 g/mol. The molecule has 0 unspecified atom stereocenters. The summed E-state index contributed by atoms with van der Waals surface area (Å²) in [7, 11) is 0. The van der Waals surface area contributed by atoms with Crippen LogP contribution in [0.3, 0.4) is 0 Å². The highest BCUT2D eigenvalue weighted by Crippen LogP contribution is 2.25. The van der Waals surface area contributed by atoms with Gasteiger partial charge in [0, 0.05) is 10.0 Å². The Balaban J connectivity index is 3.46. The van der Waals surface area contributed by atoms with Gasteiger partial charge in [0.05, 0.1) is 0 Å². The van der Waals surface area contributed by atoms with Crippen LogP contribution >= 0.6 is 15.9 Å². The number of benzene rings is 1. The van der Waals surface area contributed by atoms with Crippen molar-refractivity contribution in [2.24, 2.45) is 0 Å². The first-order valence-corrected chi connectivity index (χ1v) is 3.73. The van der Waals surface area contributed by atoms with Gasteiger partial charge in [-0.15, -0.1) is 0 Å². The first kappa shape index (κ1) is 8.46. The second-order valence-electron chi connectivity index (χ2n) is 2.19. The van der Waals surface area contributed by atoms with Gasteiger partial charge in [-0.2, -0.15) is 0 Å². The summed E-state index contributed by atoms with van der Waals surface area (Å²) in [5.41, 5.74) is 4.98. The zero-order chi connectivity index (χ0) is 8.59. The topological polar surface area (TPSA) is 26.0 Å². The summed E-state index contributed by atoms with van der Waals surface area (Å²) >= 11 is 3.00. The predicted molar refractivity (Wildman–Crippen MR) is 43.2 cm³/mol. The van der Waals surface area contributed by atoms with Crippen LogP contribution in [0.25, 0.3) is 0 Å². The Hall–Kier alpha value is -0.640. The van der Waals surface area contributed by atoms with Crippen molar-refractivity contribution >= 4 is 21.6 Å². The molecule has 0 saturated carbocycles. The Bertz CT molecular complexity index is 273. The summed E-state index contributed by atoms with van der Waals surface area (Å²) in [6.07, 6.45) is 0. The molecule has 0 amide bonds. The third-order valence-electron chi connectivity index (χ3n) is 1.43. The molecule has 0 saturated heterocycles. The third-order valence-corrected chi connectivity index (χ3v) is 2.26. The molecule has 0 fully saturated rings. The van der Waals surface area contributed by atoms with Crippen molar-refractivity contribution in [3.05, 3.63) is 27.7 Å². The van der Waals surface area contributed by atoms with Gasteiger partial charge in [0.15, 0.2) is 5.82 Å². The maximum absolute atomic E-state index is 12.9. The van der Waals surface area contributed by atoms with E-state index < -0.39 is 17.3 Å². The standard InChI is InChI=1S/C7H6BrF2N/c1-3-4(8)2-5(9)7(11)6(3)10/h2H,11H2,1H3. The normalized spacial score (nSPS) is 10.2. The van der Waals surface area contributed by atoms with Gasteiger partial charge in [0.25, 0.3) is 0 Å². The van der Waals surface area contributed by atoms with Crippen molar-refractivity contribution in [1.29, 1.82) is 0 Å². The van der Waals surface area contributed by atoms with Gasteiger partial charge in [-0.05, 0) is 13.0 Å². The number of hydrogen-bond donors (Lipinski definition) is 1. The highest BCUT2D eigenvalue weighted by atomic mass is 79.9. The maximum Gasteiger partial charge on any atom is 0.153 e. The first-order chi connectivity index (χ1) is 5.04. The Morgan fingerprint density at radius 3 is 2.55 bits per heavy atom. The second kappa shape index (κ2) is 2.77. The van der Waals surface area contributed by atoms with Crippen LogP contribution in [-0.4, -0.2) is 0 Å². The van der Waals surface area contributed by atoms with E-state index in [-0.39, 0.29) is 0 Å². The molecular formula is C7H6BrF2N. The zero-order valence-corrected chi connectivity index (χ0v) is 7.37. The Morgan fingerprint density at radius 2 is 2.00 bits per heavy atom. The van der Waals surface area contributed by atoms with Crippen LogP contribution < -0.4 is 5.73 Å². The summed E-state index contributed by atoms with van der Waals surface area (Å²) < 4.78 is 25.9. The Kier molecular flexibility index (Phi) is 2.13. The van der Waals surface area contributed by atoms with E-state index in [9.17, 15) is 8.78 Å². The van der Waals surface area contributed by atoms with E-state index in [4.69, 9.17) is 5.73 Å². The molecule has 0 atom stereocenters. The Labute approximate surface area is 71.3 Å². The monoisotopic (exact) mass is 221 g/mol. The first-order valence-electron chi connectivity index (χ1n) is 2.93. The highest BCUT2D eigenvalue weighted by molar-refractivity contribution is 9.10. The number of anilines is 1. The van der Waals surface area contributed by atoms with E-state index in [2.05, 4.69) is 15.9 Å². The van der Waals surface area contributed by atoms with E-state index in [1.54, 1.807) is 0 Å². The molecule has 0 aliphatic heterocycles. The molecule has 1 aromatic carbocycles. The molecule has 60 valence electrons. The number of halogens is 3. The van der Waals surface area contributed by atoms with Crippen molar-refractivity contribution in [3.63, 3.8) is 0 Å². The van der Waals surface area contributed by atoms with Crippen LogP contribution in [0.1, 0.15) is 5.56 Å². The molecule has 0 bridgehead atoms. The molecule has 11 heavy (non-hydrogen) atoms. The zero-order valence-electron chi connectivity index (χ0n) is 5.79. The smallest absolute Gasteiger partial charge is 0.153 e. The number of rotatable bonds is 0. The summed E-state index contributed by atoms with van der Waals surface area (Å²) in [4.78, 5) is 0. The van der Waals surface area contributed by atoms with Crippen molar-refractivity contribution in [1.82, 2.24) is 0 Å². The third kappa shape index (κ3) is 1.35. The molecule has 0 aromatic heterocycles. The lowest BCUT2D eigenvalue weighted by atomic mass is 10.2. The minimum atomic E-state index is -0.736. The molecule has 2 N–H and O–H groups in total. The molecule has 4 heteroatoms. The molecule has 0 heterocycles. The minimum absolute atomic E-state index is 0.323. The molecule has 0 radical (unpaired) electrons. The minimum Gasteiger partial charge on any atom is -0.394 e. The van der Waals surface area contributed by atoms with Crippen LogP contribution in [0.15, 0.2) is 10.5 Å². The van der Waals surface area contributed by atoms with Crippen LogP contribution in [-0.2, 0) is 0 Å². The van der Waals surface area contributed by atoms with Gasteiger partial charge in [-0.3, -0.25) is 0 Å². The fourth-order valence-electron chi connectivity index (χ4n) is 0.709. The van der Waals surface area contributed by atoms with E-state index in [1.807, 2.05) is 0 Å². The average Bonchev–Trinajstić information content (AvgIpc) is 1.97. The van der Waals surface area contributed by atoms with Gasteiger partial charge in [-0.25, -0.2) is 8.78 Å². The quantitative estimate of drug-likeness (QED) is 0.671. The van der Waals surface area contributed by atoms with E-state index in [0.29, 0.717) is 10.0 Å². The van der Waals surface area contributed by atoms with Crippen molar-refractivity contribution < 1.29 is 8.78 Å². The second-order valence-corrected chi connectivity index (χ2v) is 3.05. The van der Waals surface area contributed by atoms with Crippen LogP contribution in [0, 0.1) is 18.6 Å². The fraction of sp³-hybridized carbons (Fsp3) is 0.143. The van der Waals surface area contributed by atoms with Crippen molar-refractivity contribution in [2.75, 3.05) is 5.73 Å². The maximum atomic E-state index is 12.9. The van der Waals surface area contributed by atoms with Crippen LogP contribution in [0.5, 0.6) is 0 Å². The summed E-state index contributed by atoms with van der Waals surface area (Å²) in [5, 5.41) is 0. The summed E-state index contributed by atoms with van der Waals surface area (Å²) in [6.45, 7) is 1.52. The van der Waals surface area contributed by atoms with Gasteiger partial charge in [0.1, 0.15) is 11.5 Å². The van der Waals surface area contributed by atoms with E-state index in [0.717, 1.165) is 6.07 Å². The summed E-state index contributed by atoms with van der Waals surface area (Å²) in [6, 6.07) is 1.15. The molecule has 0 spiro atoms. The highest BCUT2D eigenvalue weighted by Gasteiger charge is 2.10. The van der Waals surface area contributed by atoms with Crippen molar-refractivity contribution in [3.8, 4) is 0 Å². The molecule has 1 rings (SSSR count). The largest absolute Gasteiger partial charge is 0.394 e. The number of nitrogen functional groups attached to an aromatic ring is 1. The van der Waals surface area contributed by atoms with Gasteiger partial charge in [-0.1, -0.05) is 15.9 Å². The van der Waals surface area contributed by atoms with Gasteiger partial charge < -0.3 is 5.73 Å². The molecule has 0 aliphatic carbocycles. The predicted octanol–water partition coefficient (Wildman–Crippen LogP) is 2.62. The lowest BCUT2D eigenvalue weighted by molar-refractivity contribution is 0.584. The average molecular weight is 222 g/mol. The van der Waals surface area contributed by atoms with Crippen molar-refractivity contribution in [2.45, 2.75) is 6.92 Å². The summed E-state index contributed by atoms with van der Waals surface area (Å²) in [5.74, 6) is -1.43. The molecule has 0 aliphatic rings. The number of nitrogens with two attached hydrogens (primary N) is 1. The molecule has 1 nitrogen and oxygen atoms in total. The SMILES string of the molecule is Cc1c(Br)cc(F)c(N)c1F. The Morgan fingerprint density at radius 1 is 1.45 bits per heavy atom. The fourth-order valence-corrected chi connectivity index (χ4v) is 1.08. The van der Waals surface area contributed by atoms with E-state index >= 15 is 0 Å². The van der Waals surface area contributed by atoms with Gasteiger partial charge >= 0.3 is 0 Å².